The number of aromatic nitrogens is 3. The molecule has 6 heteroatoms. The smallest absolute Gasteiger partial charge is 0.343 e. The Balaban J connectivity index is 1.49. The summed E-state index contributed by atoms with van der Waals surface area (Å²) in [4.78, 5) is 15.9. The highest BCUT2D eigenvalue weighted by Gasteiger charge is 2.48. The van der Waals surface area contributed by atoms with Gasteiger partial charge in [0.1, 0.15) is 6.33 Å². The van der Waals surface area contributed by atoms with Crippen LogP contribution in [0.3, 0.4) is 0 Å². The molecule has 1 amide bonds. The first-order chi connectivity index (χ1) is 9.19. The van der Waals surface area contributed by atoms with Gasteiger partial charge in [0.25, 0.3) is 0 Å². The van der Waals surface area contributed by atoms with Crippen molar-refractivity contribution >= 4 is 12.0 Å². The molecule has 0 radical (unpaired) electrons. The third-order valence-electron chi connectivity index (χ3n) is 5.23. The van der Waals surface area contributed by atoms with Gasteiger partial charge < -0.3 is 11.1 Å². The van der Waals surface area contributed by atoms with E-state index in [1.165, 1.54) is 43.1 Å². The predicted molar refractivity (Wildman–Crippen MR) is 69.2 cm³/mol. The Hall–Kier alpha value is -1.59. The molecule has 102 valence electrons. The van der Waals surface area contributed by atoms with E-state index in [0.29, 0.717) is 17.9 Å². The Morgan fingerprint density at radius 3 is 2.37 bits per heavy atom. The maximum Gasteiger partial charge on any atom is 0.343 e. The van der Waals surface area contributed by atoms with Crippen LogP contribution in [0.1, 0.15) is 32.1 Å². The molecule has 6 nitrogen and oxygen atoms in total. The van der Waals surface area contributed by atoms with Crippen molar-refractivity contribution in [2.24, 2.45) is 23.7 Å². The molecule has 19 heavy (non-hydrogen) atoms. The summed E-state index contributed by atoms with van der Waals surface area (Å²) in [6.07, 6.45) is 7.96. The number of amides is 1. The second-order valence-corrected chi connectivity index (χ2v) is 6.45. The van der Waals surface area contributed by atoms with Crippen LogP contribution in [0.4, 0.5) is 10.7 Å². The van der Waals surface area contributed by atoms with E-state index in [-0.39, 0.29) is 12.0 Å². The van der Waals surface area contributed by atoms with Gasteiger partial charge in [-0.15, -0.1) is 5.10 Å². The van der Waals surface area contributed by atoms with Gasteiger partial charge in [0, 0.05) is 6.04 Å². The second kappa shape index (κ2) is 3.95. The lowest BCUT2D eigenvalue weighted by Crippen LogP contribution is -2.56. The number of hydrogen-bond acceptors (Lipinski definition) is 4. The highest BCUT2D eigenvalue weighted by Crippen LogP contribution is 2.53. The lowest BCUT2D eigenvalue weighted by atomic mass is 9.54. The summed E-state index contributed by atoms with van der Waals surface area (Å²) in [6, 6.07) is 0.132. The van der Waals surface area contributed by atoms with Crippen molar-refractivity contribution in [2.75, 3.05) is 5.73 Å². The van der Waals surface area contributed by atoms with E-state index >= 15 is 0 Å². The first-order valence-corrected chi connectivity index (χ1v) is 7.17. The molecule has 4 bridgehead atoms. The Labute approximate surface area is 111 Å². The molecule has 4 aliphatic rings. The number of nitrogens with two attached hydrogens (primary N) is 1. The summed E-state index contributed by atoms with van der Waals surface area (Å²) in [5, 5.41) is 7.02. The van der Waals surface area contributed by atoms with Gasteiger partial charge in [-0.2, -0.15) is 4.68 Å². The molecule has 0 atom stereocenters. The van der Waals surface area contributed by atoms with Crippen molar-refractivity contribution in [3.8, 4) is 0 Å². The fraction of sp³-hybridized carbons (Fsp3) is 0.769. The van der Waals surface area contributed by atoms with E-state index in [9.17, 15) is 4.79 Å². The van der Waals surface area contributed by atoms with E-state index in [1.807, 2.05) is 0 Å². The Bertz CT molecular complexity index is 483. The van der Waals surface area contributed by atoms with Crippen molar-refractivity contribution in [1.29, 1.82) is 0 Å². The molecule has 4 saturated carbocycles. The van der Waals surface area contributed by atoms with E-state index in [1.54, 1.807) is 0 Å². The third-order valence-corrected chi connectivity index (χ3v) is 5.23. The summed E-state index contributed by atoms with van der Waals surface area (Å²) >= 11 is 0. The Kier molecular flexibility index (Phi) is 2.34. The van der Waals surface area contributed by atoms with Crippen LogP contribution in [0.2, 0.25) is 0 Å². The fourth-order valence-corrected chi connectivity index (χ4v) is 4.74. The van der Waals surface area contributed by atoms with Gasteiger partial charge in [-0.3, -0.25) is 0 Å². The molecule has 3 N–H and O–H groups in total. The number of nitrogens with one attached hydrogen (secondary N) is 1. The molecule has 1 aromatic rings. The van der Waals surface area contributed by atoms with E-state index in [2.05, 4.69) is 15.4 Å². The molecule has 0 aromatic carbocycles. The number of hydrogen-bond donors (Lipinski definition) is 2. The van der Waals surface area contributed by atoms with Crippen molar-refractivity contribution in [3.05, 3.63) is 6.33 Å². The highest BCUT2D eigenvalue weighted by atomic mass is 16.2. The summed E-state index contributed by atoms with van der Waals surface area (Å²) in [7, 11) is 0. The number of carbonyl (C=O) groups excluding carboxylic acids is 1. The molecular formula is C13H19N5O. The SMILES string of the molecule is Nc1ncn(C(=O)NC2C3CC4CC(C3)CC2C4)n1. The minimum atomic E-state index is -0.193. The van der Waals surface area contributed by atoms with Crippen molar-refractivity contribution < 1.29 is 4.79 Å². The Morgan fingerprint density at radius 1 is 1.21 bits per heavy atom. The highest BCUT2D eigenvalue weighted by molar-refractivity contribution is 5.76. The molecule has 4 aliphatic carbocycles. The van der Waals surface area contributed by atoms with Crippen LogP contribution >= 0.6 is 0 Å². The first kappa shape index (κ1) is 11.3. The van der Waals surface area contributed by atoms with Crippen LogP contribution in [0.25, 0.3) is 0 Å². The summed E-state index contributed by atoms with van der Waals surface area (Å²) in [5.41, 5.74) is 5.44. The van der Waals surface area contributed by atoms with Crippen LogP contribution in [0.5, 0.6) is 0 Å². The standard InChI is InChI=1S/C13H19N5O/c14-12-15-6-18(17-12)13(19)16-11-9-2-7-1-8(4-9)5-10(11)3-7/h6-11H,1-5H2,(H2,14,17)(H,16,19). The molecule has 0 spiro atoms. The van der Waals surface area contributed by atoms with Crippen LogP contribution in [0.15, 0.2) is 6.33 Å². The molecule has 4 fully saturated rings. The van der Waals surface area contributed by atoms with Crippen LogP contribution < -0.4 is 11.1 Å². The van der Waals surface area contributed by atoms with Gasteiger partial charge >= 0.3 is 6.03 Å². The second-order valence-electron chi connectivity index (χ2n) is 6.45. The first-order valence-electron chi connectivity index (χ1n) is 7.17. The van der Waals surface area contributed by atoms with Gasteiger partial charge in [0.2, 0.25) is 5.95 Å². The quantitative estimate of drug-likeness (QED) is 0.796. The van der Waals surface area contributed by atoms with Gasteiger partial charge in [-0.05, 0) is 55.8 Å². The van der Waals surface area contributed by atoms with E-state index < -0.39 is 0 Å². The summed E-state index contributed by atoms with van der Waals surface area (Å²) in [5.74, 6) is 3.30. The van der Waals surface area contributed by atoms with Crippen molar-refractivity contribution in [3.63, 3.8) is 0 Å². The molecule has 0 aliphatic heterocycles. The zero-order chi connectivity index (χ0) is 13.0. The molecule has 1 aromatic heterocycles. The van der Waals surface area contributed by atoms with Crippen molar-refractivity contribution in [2.45, 2.75) is 38.1 Å². The minimum absolute atomic E-state index is 0.139. The van der Waals surface area contributed by atoms with Gasteiger partial charge in [-0.25, -0.2) is 9.78 Å². The maximum atomic E-state index is 12.1. The lowest BCUT2D eigenvalue weighted by Gasteiger charge is -2.54. The summed E-state index contributed by atoms with van der Waals surface area (Å²) < 4.78 is 1.21. The monoisotopic (exact) mass is 261 g/mol. The minimum Gasteiger partial charge on any atom is -0.366 e. The summed E-state index contributed by atoms with van der Waals surface area (Å²) in [6.45, 7) is 0. The third kappa shape index (κ3) is 1.81. The molecule has 5 rings (SSSR count). The van der Waals surface area contributed by atoms with E-state index in [4.69, 9.17) is 5.73 Å². The largest absolute Gasteiger partial charge is 0.366 e. The number of rotatable bonds is 1. The van der Waals surface area contributed by atoms with Crippen LogP contribution in [-0.2, 0) is 0 Å². The Morgan fingerprint density at radius 2 is 1.84 bits per heavy atom. The average molecular weight is 261 g/mol. The van der Waals surface area contributed by atoms with Gasteiger partial charge in [-0.1, -0.05) is 0 Å². The number of nitrogens with zero attached hydrogens (tertiary/aromatic N) is 3. The molecule has 0 unspecified atom stereocenters. The van der Waals surface area contributed by atoms with E-state index in [0.717, 1.165) is 11.8 Å². The molecule has 0 saturated heterocycles. The van der Waals surface area contributed by atoms with Crippen LogP contribution in [-0.4, -0.2) is 26.8 Å². The van der Waals surface area contributed by atoms with Crippen LogP contribution in [0, 0.1) is 23.7 Å². The topological polar surface area (TPSA) is 85.8 Å². The fourth-order valence-electron chi connectivity index (χ4n) is 4.74. The zero-order valence-electron chi connectivity index (χ0n) is 10.8. The predicted octanol–water partition coefficient (Wildman–Crippen LogP) is 1.24. The number of nitrogen functional groups attached to an aromatic ring is 1. The van der Waals surface area contributed by atoms with Gasteiger partial charge in [0.05, 0.1) is 0 Å². The average Bonchev–Trinajstić information content (AvgIpc) is 2.79. The number of carbonyl (C=O) groups is 1. The van der Waals surface area contributed by atoms with Gasteiger partial charge in [0.15, 0.2) is 0 Å². The lowest BCUT2D eigenvalue weighted by molar-refractivity contribution is -0.00947. The molecule has 1 heterocycles. The normalized spacial score (nSPS) is 39.5. The molecular weight excluding hydrogens is 242 g/mol. The maximum absolute atomic E-state index is 12.1. The zero-order valence-corrected chi connectivity index (χ0v) is 10.8. The van der Waals surface area contributed by atoms with Crippen molar-refractivity contribution in [1.82, 2.24) is 20.1 Å². The number of anilines is 1.